The van der Waals surface area contributed by atoms with Gasteiger partial charge in [0, 0.05) is 31.1 Å². The van der Waals surface area contributed by atoms with Crippen LogP contribution in [0.15, 0.2) is 65.1 Å². The minimum absolute atomic E-state index is 0.0687. The van der Waals surface area contributed by atoms with Gasteiger partial charge in [-0.3, -0.25) is 9.59 Å². The van der Waals surface area contributed by atoms with Gasteiger partial charge in [0.15, 0.2) is 0 Å². The Bertz CT molecular complexity index is 988. The molecule has 0 aliphatic carbocycles. The summed E-state index contributed by atoms with van der Waals surface area (Å²) in [7, 11) is 0. The minimum Gasteiger partial charge on any atom is -0.423 e. The van der Waals surface area contributed by atoms with E-state index in [1.165, 1.54) is 0 Å². The number of nitrogens with zero attached hydrogens (tertiary/aromatic N) is 4. The number of amides is 2. The summed E-state index contributed by atoms with van der Waals surface area (Å²) in [6.07, 6.45) is 0.667. The second kappa shape index (κ2) is 8.26. The molecule has 3 aromatic rings. The number of carbonyl (C=O) groups excluding carboxylic acids is 2. The van der Waals surface area contributed by atoms with E-state index in [2.05, 4.69) is 10.2 Å². The largest absolute Gasteiger partial charge is 0.423 e. The highest BCUT2D eigenvalue weighted by Gasteiger charge is 2.35. The molecule has 0 radical (unpaired) electrons. The van der Waals surface area contributed by atoms with Crippen LogP contribution < -0.4 is 0 Å². The number of hydrogen-bond acceptors (Lipinski definition) is 5. The zero-order valence-electron chi connectivity index (χ0n) is 16.2. The lowest BCUT2D eigenvalue weighted by atomic mass is 10.1. The van der Waals surface area contributed by atoms with Crippen molar-refractivity contribution in [3.63, 3.8) is 0 Å². The lowest BCUT2D eigenvalue weighted by Crippen LogP contribution is -2.40. The van der Waals surface area contributed by atoms with E-state index in [9.17, 15) is 9.59 Å². The molecule has 0 spiro atoms. The summed E-state index contributed by atoms with van der Waals surface area (Å²) in [5, 5.41) is 8.08. The molecule has 1 aromatic heterocycles. The quantitative estimate of drug-likeness (QED) is 0.687. The van der Waals surface area contributed by atoms with Crippen molar-refractivity contribution in [1.29, 1.82) is 0 Å². The van der Waals surface area contributed by atoms with Crippen LogP contribution in [-0.2, 0) is 0 Å². The van der Waals surface area contributed by atoms with E-state index in [0.717, 1.165) is 0 Å². The fourth-order valence-electron chi connectivity index (χ4n) is 3.58. The van der Waals surface area contributed by atoms with Crippen LogP contribution in [0.4, 0.5) is 0 Å². The number of aryl methyl sites for hydroxylation is 1. The third kappa shape index (κ3) is 4.03. The van der Waals surface area contributed by atoms with Gasteiger partial charge in [0.25, 0.3) is 11.8 Å². The van der Waals surface area contributed by atoms with E-state index in [1.807, 2.05) is 36.4 Å². The Morgan fingerprint density at radius 3 is 2.10 bits per heavy atom. The fourth-order valence-corrected chi connectivity index (χ4v) is 3.58. The number of carbonyl (C=O) groups is 2. The molecule has 1 fully saturated rings. The standard InChI is InChI=1S/C22H22N4O3/c1-16-23-24-20(29-16)19-15-25(21(27)17-9-4-2-5-10-17)13-8-14-26(19)22(28)18-11-6-3-7-12-18/h2-7,9-12,19H,8,13-15H2,1H3. The van der Waals surface area contributed by atoms with E-state index in [1.54, 1.807) is 41.0 Å². The second-order valence-corrected chi connectivity index (χ2v) is 7.01. The van der Waals surface area contributed by atoms with Crippen LogP contribution in [0.5, 0.6) is 0 Å². The fraction of sp³-hybridized carbons (Fsp3) is 0.273. The molecule has 1 saturated heterocycles. The van der Waals surface area contributed by atoms with Crippen LogP contribution >= 0.6 is 0 Å². The zero-order valence-corrected chi connectivity index (χ0v) is 16.2. The molecular formula is C22H22N4O3. The molecule has 29 heavy (non-hydrogen) atoms. The Labute approximate surface area is 169 Å². The van der Waals surface area contributed by atoms with Crippen molar-refractivity contribution in [2.24, 2.45) is 0 Å². The van der Waals surface area contributed by atoms with E-state index < -0.39 is 6.04 Å². The van der Waals surface area contributed by atoms with Crippen LogP contribution in [-0.4, -0.2) is 51.4 Å². The smallest absolute Gasteiger partial charge is 0.254 e. The number of aromatic nitrogens is 2. The summed E-state index contributed by atoms with van der Waals surface area (Å²) in [6, 6.07) is 17.8. The lowest BCUT2D eigenvalue weighted by Gasteiger charge is -2.29. The van der Waals surface area contributed by atoms with Gasteiger partial charge in [-0.25, -0.2) is 0 Å². The maximum Gasteiger partial charge on any atom is 0.254 e. The Kier molecular flexibility index (Phi) is 5.37. The molecule has 7 nitrogen and oxygen atoms in total. The third-order valence-corrected chi connectivity index (χ3v) is 5.01. The maximum atomic E-state index is 13.2. The molecule has 148 valence electrons. The van der Waals surface area contributed by atoms with Gasteiger partial charge in [0.2, 0.25) is 11.8 Å². The van der Waals surface area contributed by atoms with Crippen LogP contribution in [0.1, 0.15) is 45.0 Å². The van der Waals surface area contributed by atoms with E-state index in [0.29, 0.717) is 49.0 Å². The summed E-state index contributed by atoms with van der Waals surface area (Å²) in [4.78, 5) is 29.8. The van der Waals surface area contributed by atoms with Crippen molar-refractivity contribution < 1.29 is 14.0 Å². The molecule has 7 heteroatoms. The zero-order chi connectivity index (χ0) is 20.2. The van der Waals surface area contributed by atoms with Gasteiger partial charge in [0.1, 0.15) is 6.04 Å². The molecule has 1 aliphatic heterocycles. The Balaban J connectivity index is 1.66. The first-order chi connectivity index (χ1) is 14.1. The summed E-state index contributed by atoms with van der Waals surface area (Å²) in [6.45, 7) is 3.06. The molecule has 4 rings (SSSR count). The molecule has 2 amide bonds. The van der Waals surface area contributed by atoms with Crippen LogP contribution in [0.25, 0.3) is 0 Å². The second-order valence-electron chi connectivity index (χ2n) is 7.01. The van der Waals surface area contributed by atoms with E-state index >= 15 is 0 Å². The molecular weight excluding hydrogens is 368 g/mol. The minimum atomic E-state index is -0.501. The number of rotatable bonds is 3. The molecule has 2 heterocycles. The highest BCUT2D eigenvalue weighted by atomic mass is 16.4. The number of benzene rings is 2. The predicted octanol–water partition coefficient (Wildman–Crippen LogP) is 3.11. The molecule has 1 unspecified atom stereocenters. The van der Waals surface area contributed by atoms with E-state index in [-0.39, 0.29) is 11.8 Å². The monoisotopic (exact) mass is 390 g/mol. The summed E-state index contributed by atoms with van der Waals surface area (Å²) in [5.41, 5.74) is 1.22. The van der Waals surface area contributed by atoms with Crippen molar-refractivity contribution in [3.05, 3.63) is 83.6 Å². The highest BCUT2D eigenvalue weighted by molar-refractivity contribution is 5.95. The van der Waals surface area contributed by atoms with Crippen molar-refractivity contribution in [2.45, 2.75) is 19.4 Å². The van der Waals surface area contributed by atoms with Gasteiger partial charge >= 0.3 is 0 Å². The lowest BCUT2D eigenvalue weighted by molar-refractivity contribution is 0.0599. The Hall–Kier alpha value is -3.48. The normalized spacial score (nSPS) is 17.1. The van der Waals surface area contributed by atoms with Gasteiger partial charge in [-0.2, -0.15) is 0 Å². The summed E-state index contributed by atoms with van der Waals surface area (Å²) < 4.78 is 5.67. The third-order valence-electron chi connectivity index (χ3n) is 5.01. The summed E-state index contributed by atoms with van der Waals surface area (Å²) in [5.74, 6) is 0.596. The molecule has 2 aromatic carbocycles. The number of hydrogen-bond donors (Lipinski definition) is 0. The van der Waals surface area contributed by atoms with Gasteiger partial charge < -0.3 is 14.2 Å². The molecule has 1 atom stereocenters. The first-order valence-corrected chi connectivity index (χ1v) is 9.64. The molecule has 0 N–H and O–H groups in total. The van der Waals surface area contributed by atoms with Gasteiger partial charge in [0.05, 0.1) is 6.54 Å². The first kappa shape index (κ1) is 18.9. The maximum absolute atomic E-state index is 13.2. The SMILES string of the molecule is Cc1nnc(C2CN(C(=O)c3ccccc3)CCCN2C(=O)c2ccccc2)o1. The Morgan fingerprint density at radius 1 is 0.897 bits per heavy atom. The molecule has 0 bridgehead atoms. The topological polar surface area (TPSA) is 79.5 Å². The van der Waals surface area contributed by atoms with Gasteiger partial charge in [-0.05, 0) is 30.7 Å². The van der Waals surface area contributed by atoms with Crippen molar-refractivity contribution >= 4 is 11.8 Å². The predicted molar refractivity (Wildman–Crippen MR) is 106 cm³/mol. The van der Waals surface area contributed by atoms with Gasteiger partial charge in [-0.1, -0.05) is 36.4 Å². The average molecular weight is 390 g/mol. The van der Waals surface area contributed by atoms with E-state index in [4.69, 9.17) is 4.42 Å². The van der Waals surface area contributed by atoms with Crippen LogP contribution in [0.3, 0.4) is 0 Å². The van der Waals surface area contributed by atoms with Gasteiger partial charge in [-0.15, -0.1) is 10.2 Å². The van der Waals surface area contributed by atoms with Crippen LogP contribution in [0, 0.1) is 6.92 Å². The van der Waals surface area contributed by atoms with Crippen molar-refractivity contribution in [2.75, 3.05) is 19.6 Å². The summed E-state index contributed by atoms with van der Waals surface area (Å²) >= 11 is 0. The average Bonchev–Trinajstić information content (AvgIpc) is 3.07. The Morgan fingerprint density at radius 2 is 1.52 bits per heavy atom. The van der Waals surface area contributed by atoms with Crippen molar-refractivity contribution in [3.8, 4) is 0 Å². The van der Waals surface area contributed by atoms with Crippen LogP contribution in [0.2, 0.25) is 0 Å². The first-order valence-electron chi connectivity index (χ1n) is 9.64. The van der Waals surface area contributed by atoms with Crippen molar-refractivity contribution in [1.82, 2.24) is 20.0 Å². The highest BCUT2D eigenvalue weighted by Crippen LogP contribution is 2.27. The molecule has 0 saturated carbocycles. The molecule has 1 aliphatic rings.